The number of nitrogens with one attached hydrogen (secondary N) is 1. The molecular weight excluding hydrogens is 542 g/mol. The van der Waals surface area contributed by atoms with E-state index in [4.69, 9.17) is 10.5 Å². The molecule has 0 saturated heterocycles. The Morgan fingerprint density at radius 2 is 1.23 bits per heavy atom. The quantitative estimate of drug-likeness (QED) is 0.183. The molecule has 0 unspecified atom stereocenters. The number of amides is 3. The zero-order valence-electron chi connectivity index (χ0n) is 23.9. The van der Waals surface area contributed by atoms with Gasteiger partial charge in [0, 0.05) is 6.54 Å². The van der Waals surface area contributed by atoms with Crippen LogP contribution >= 0.6 is 0 Å². The fourth-order valence-corrected chi connectivity index (χ4v) is 5.15. The molecule has 4 N–H and O–H groups in total. The van der Waals surface area contributed by atoms with Gasteiger partial charge in [0.25, 0.3) is 0 Å². The second-order valence-corrected chi connectivity index (χ2v) is 10.2. The summed E-state index contributed by atoms with van der Waals surface area (Å²) in [6, 6.07) is 35.2. The van der Waals surface area contributed by atoms with Crippen molar-refractivity contribution >= 4 is 17.9 Å². The Bertz CT molecular complexity index is 1400. The summed E-state index contributed by atoms with van der Waals surface area (Å²) in [6.45, 7) is -0.0796. The Kier molecular flexibility index (Phi) is 11.5. The van der Waals surface area contributed by atoms with Crippen LogP contribution in [0.1, 0.15) is 47.1 Å². The summed E-state index contributed by atoms with van der Waals surface area (Å²) in [7, 11) is 0. The summed E-state index contributed by atoms with van der Waals surface area (Å²) in [5.41, 5.74) is 8.99. The number of rotatable bonds is 14. The maximum absolute atomic E-state index is 14.6. The van der Waals surface area contributed by atoms with Crippen LogP contribution in [0, 0.1) is 0 Å². The number of aliphatic hydroxyl groups is 1. The summed E-state index contributed by atoms with van der Waals surface area (Å²) in [5.74, 6) is -1.80. The first-order valence-electron chi connectivity index (χ1n) is 14.3. The predicted octanol–water partition coefficient (Wildman–Crippen LogP) is 4.94. The lowest BCUT2D eigenvalue weighted by Gasteiger charge is -2.39. The van der Waals surface area contributed by atoms with Crippen molar-refractivity contribution in [2.24, 2.45) is 5.73 Å². The van der Waals surface area contributed by atoms with E-state index in [-0.39, 0.29) is 25.5 Å². The van der Waals surface area contributed by atoms with E-state index < -0.39 is 36.6 Å². The summed E-state index contributed by atoms with van der Waals surface area (Å²) in [5, 5.41) is 13.3. The van der Waals surface area contributed by atoms with Gasteiger partial charge >= 0.3 is 6.09 Å². The van der Waals surface area contributed by atoms with Gasteiger partial charge in [-0.2, -0.15) is 0 Å². The number of primary amides is 1. The third-order valence-electron chi connectivity index (χ3n) is 7.26. The summed E-state index contributed by atoms with van der Waals surface area (Å²) in [4.78, 5) is 41.3. The molecule has 0 aromatic heterocycles. The van der Waals surface area contributed by atoms with Gasteiger partial charge < -0.3 is 25.8 Å². The van der Waals surface area contributed by atoms with Crippen molar-refractivity contribution in [1.82, 2.24) is 10.2 Å². The van der Waals surface area contributed by atoms with E-state index in [0.29, 0.717) is 12.0 Å². The highest BCUT2D eigenvalue weighted by molar-refractivity contribution is 5.92. The largest absolute Gasteiger partial charge is 0.445 e. The van der Waals surface area contributed by atoms with Crippen LogP contribution in [-0.2, 0) is 20.9 Å². The smallest absolute Gasteiger partial charge is 0.407 e. The van der Waals surface area contributed by atoms with Crippen molar-refractivity contribution in [3.8, 4) is 0 Å². The van der Waals surface area contributed by atoms with E-state index in [9.17, 15) is 19.5 Å². The van der Waals surface area contributed by atoms with E-state index in [1.54, 1.807) is 0 Å². The van der Waals surface area contributed by atoms with Crippen molar-refractivity contribution in [1.29, 1.82) is 0 Å². The number of nitrogens with two attached hydrogens (primary N) is 1. The van der Waals surface area contributed by atoms with Gasteiger partial charge in [0.2, 0.25) is 11.8 Å². The normalized spacial score (nSPS) is 12.2. The summed E-state index contributed by atoms with van der Waals surface area (Å²) >= 11 is 0. The van der Waals surface area contributed by atoms with Gasteiger partial charge in [0.1, 0.15) is 12.6 Å². The van der Waals surface area contributed by atoms with Gasteiger partial charge in [0.15, 0.2) is 0 Å². The zero-order chi connectivity index (χ0) is 30.4. The fourth-order valence-electron chi connectivity index (χ4n) is 5.15. The first kappa shape index (κ1) is 31.0. The molecule has 0 saturated carbocycles. The fraction of sp³-hybridized carbons (Fsp3) is 0.229. The van der Waals surface area contributed by atoms with Crippen LogP contribution in [0.15, 0.2) is 121 Å². The van der Waals surface area contributed by atoms with Gasteiger partial charge in [-0.3, -0.25) is 9.59 Å². The number of alkyl carbamates (subject to hydrolysis) is 1. The molecule has 0 aliphatic heterocycles. The molecule has 0 aliphatic carbocycles. The number of carbonyl (C=O) groups is 3. The van der Waals surface area contributed by atoms with Gasteiger partial charge in [0.05, 0.1) is 18.6 Å². The van der Waals surface area contributed by atoms with Crippen molar-refractivity contribution in [3.63, 3.8) is 0 Å². The van der Waals surface area contributed by atoms with Gasteiger partial charge in [-0.15, -0.1) is 0 Å². The molecule has 4 aromatic rings. The topological polar surface area (TPSA) is 122 Å². The molecule has 8 nitrogen and oxygen atoms in total. The highest BCUT2D eigenvalue weighted by atomic mass is 16.5. The van der Waals surface area contributed by atoms with Crippen LogP contribution in [0.2, 0.25) is 0 Å². The lowest BCUT2D eigenvalue weighted by molar-refractivity contribution is -0.144. The first-order chi connectivity index (χ1) is 21.0. The molecule has 43 heavy (non-hydrogen) atoms. The monoisotopic (exact) mass is 579 g/mol. The standard InChI is InChI=1S/C35H37N3O5/c36-33(40)30(22-13-23-37-35(42)43-25-26-14-5-1-6-15-26)38(31(24-39)27-16-7-2-8-17-27)34(41)32(28-18-9-3-10-19-28)29-20-11-4-12-21-29/h1-12,14-21,30-32,39H,13,22-25H2,(H2,36,40)(H,37,42)/t30-,31+/m1/s1. The molecule has 2 atom stereocenters. The predicted molar refractivity (Wildman–Crippen MR) is 165 cm³/mol. The SMILES string of the molecule is NC(=O)[C@@H](CCCNC(=O)OCc1ccccc1)N(C(=O)C(c1ccccc1)c1ccccc1)[C@@H](CO)c1ccccc1. The van der Waals surface area contributed by atoms with Crippen LogP contribution < -0.4 is 11.1 Å². The molecule has 4 rings (SSSR count). The van der Waals surface area contributed by atoms with E-state index in [2.05, 4.69) is 5.32 Å². The van der Waals surface area contributed by atoms with E-state index >= 15 is 0 Å². The molecule has 222 valence electrons. The van der Waals surface area contributed by atoms with E-state index in [1.807, 2.05) is 121 Å². The van der Waals surface area contributed by atoms with Crippen LogP contribution in [0.5, 0.6) is 0 Å². The summed E-state index contributed by atoms with van der Waals surface area (Å²) in [6.07, 6.45) is -0.0793. The second kappa shape index (κ2) is 15.9. The highest BCUT2D eigenvalue weighted by Gasteiger charge is 2.39. The number of aliphatic hydroxyl groups excluding tert-OH is 1. The Morgan fingerprint density at radius 3 is 1.72 bits per heavy atom. The number of ether oxygens (including phenoxy) is 1. The number of hydrogen-bond donors (Lipinski definition) is 3. The highest BCUT2D eigenvalue weighted by Crippen LogP contribution is 2.33. The van der Waals surface area contributed by atoms with Crippen LogP contribution in [0.25, 0.3) is 0 Å². The van der Waals surface area contributed by atoms with Crippen molar-refractivity contribution in [3.05, 3.63) is 144 Å². The summed E-state index contributed by atoms with van der Waals surface area (Å²) < 4.78 is 5.27. The third kappa shape index (κ3) is 8.53. The Labute approximate surface area is 252 Å². The van der Waals surface area contributed by atoms with Gasteiger partial charge in [-0.25, -0.2) is 4.79 Å². The Hall–Kier alpha value is -4.95. The average Bonchev–Trinajstić information content (AvgIpc) is 3.05. The zero-order valence-corrected chi connectivity index (χ0v) is 23.9. The minimum Gasteiger partial charge on any atom is -0.445 e. The number of nitrogens with zero attached hydrogens (tertiary/aromatic N) is 1. The Balaban J connectivity index is 1.58. The van der Waals surface area contributed by atoms with E-state index in [0.717, 1.165) is 16.7 Å². The molecule has 0 aliphatic rings. The minimum atomic E-state index is -1.05. The molecular formula is C35H37N3O5. The minimum absolute atomic E-state index is 0.133. The number of hydrogen-bond acceptors (Lipinski definition) is 5. The first-order valence-corrected chi connectivity index (χ1v) is 14.3. The van der Waals surface area contributed by atoms with Gasteiger partial charge in [-0.05, 0) is 35.1 Å². The van der Waals surface area contributed by atoms with Crippen molar-refractivity contribution < 1.29 is 24.2 Å². The molecule has 0 spiro atoms. The second-order valence-electron chi connectivity index (χ2n) is 10.2. The molecule has 4 aromatic carbocycles. The molecule has 0 bridgehead atoms. The van der Waals surface area contributed by atoms with Crippen molar-refractivity contribution in [2.75, 3.05) is 13.2 Å². The molecule has 8 heteroatoms. The van der Waals surface area contributed by atoms with Crippen LogP contribution in [-0.4, -0.2) is 47.1 Å². The lowest BCUT2D eigenvalue weighted by Crippen LogP contribution is -2.52. The third-order valence-corrected chi connectivity index (χ3v) is 7.26. The maximum atomic E-state index is 14.6. The molecule has 3 amide bonds. The molecule has 0 fully saturated rings. The number of benzene rings is 4. The lowest BCUT2D eigenvalue weighted by atomic mass is 9.88. The van der Waals surface area contributed by atoms with Crippen molar-refractivity contribution in [2.45, 2.75) is 37.5 Å². The molecule has 0 heterocycles. The van der Waals surface area contributed by atoms with Gasteiger partial charge in [-0.1, -0.05) is 121 Å². The maximum Gasteiger partial charge on any atom is 0.407 e. The van der Waals surface area contributed by atoms with Crippen LogP contribution in [0.4, 0.5) is 4.79 Å². The number of carbonyl (C=O) groups excluding carboxylic acids is 3. The molecule has 0 radical (unpaired) electrons. The average molecular weight is 580 g/mol. The Morgan fingerprint density at radius 1 is 0.744 bits per heavy atom. The van der Waals surface area contributed by atoms with Crippen LogP contribution in [0.3, 0.4) is 0 Å². The van der Waals surface area contributed by atoms with E-state index in [1.165, 1.54) is 4.90 Å².